The minimum atomic E-state index is -0.0258. The number of benzene rings is 1. The first-order chi connectivity index (χ1) is 30.8. The summed E-state index contributed by atoms with van der Waals surface area (Å²) >= 11 is 8.10. The van der Waals surface area contributed by atoms with Crippen molar-refractivity contribution in [3.63, 3.8) is 0 Å². The lowest BCUT2D eigenvalue weighted by atomic mass is 10.1. The van der Waals surface area contributed by atoms with Crippen LogP contribution in [0.5, 0.6) is 0 Å². The Morgan fingerprint density at radius 2 is 1.55 bits per heavy atom. The largest absolute Gasteiger partial charge is 0.385 e. The first kappa shape index (κ1) is 61.2. The molecule has 358 valence electrons. The van der Waals surface area contributed by atoms with Crippen molar-refractivity contribution < 1.29 is 4.79 Å². The molecule has 1 aromatic carbocycles. The van der Waals surface area contributed by atoms with E-state index in [2.05, 4.69) is 149 Å². The number of nitrogens with two attached hydrogens (primary N) is 2. The molecule has 0 saturated carbocycles. The zero-order chi connectivity index (χ0) is 48.9. The molecule has 1 amide bonds. The number of unbranched alkanes of at least 4 members (excludes halogenated alkanes) is 2. The maximum Gasteiger partial charge on any atom is 0.207 e. The Kier molecular flexibility index (Phi) is 36.9. The topological polar surface area (TPSA) is 203 Å². The molecular formula is C47H82N13OPS2. The summed E-state index contributed by atoms with van der Waals surface area (Å²) in [6, 6.07) is 8.46. The van der Waals surface area contributed by atoms with E-state index in [1.165, 1.54) is 0 Å². The molecule has 0 saturated heterocycles. The number of amides is 1. The number of thiol groups is 2. The fraction of sp³-hybridized carbons (Fsp3) is 0.468. The number of hydrogen-bond acceptors (Lipinski definition) is 15. The van der Waals surface area contributed by atoms with Crippen molar-refractivity contribution in [2.45, 2.75) is 112 Å². The number of aromatic nitrogens is 2. The summed E-state index contributed by atoms with van der Waals surface area (Å²) in [4.78, 5) is 23.4. The van der Waals surface area contributed by atoms with Gasteiger partial charge in [0.2, 0.25) is 6.41 Å². The SMILES string of the molecule is C=C(CNC=O)NC(CC)C(=C)NCC(=C)NC(CS)C(=C)NC(C)CCCCN.C=C(NCCCC)c1ccc(NCc2cnc3c(n2)C(=C)NC(N)=N3)cc1.C=PS.CC.CC. The van der Waals surface area contributed by atoms with Gasteiger partial charge in [-0.15, -0.1) is 12.2 Å². The molecule has 0 fully saturated rings. The molecule has 3 unspecified atom stereocenters. The van der Waals surface area contributed by atoms with Crippen molar-refractivity contribution in [2.24, 2.45) is 16.5 Å². The van der Waals surface area contributed by atoms with Gasteiger partial charge in [-0.25, -0.2) is 9.97 Å². The molecule has 12 N–H and O–H groups in total. The highest BCUT2D eigenvalue weighted by molar-refractivity contribution is 8.36. The highest BCUT2D eigenvalue weighted by Gasteiger charge is 2.17. The van der Waals surface area contributed by atoms with Gasteiger partial charge in [-0.05, 0) is 64.3 Å². The maximum atomic E-state index is 10.4. The predicted octanol–water partition coefficient (Wildman–Crippen LogP) is 7.97. The van der Waals surface area contributed by atoms with Crippen LogP contribution in [0, 0.1) is 0 Å². The number of anilines is 1. The minimum absolute atomic E-state index is 0.00503. The molecule has 0 radical (unpaired) electrons. The number of fused-ring (bicyclic) bond motifs is 1. The van der Waals surface area contributed by atoms with Gasteiger partial charge in [0.15, 0.2) is 11.8 Å². The lowest BCUT2D eigenvalue weighted by molar-refractivity contribution is -0.109. The molecule has 0 spiro atoms. The summed E-state index contributed by atoms with van der Waals surface area (Å²) in [7, 11) is 0.861. The zero-order valence-electron chi connectivity index (χ0n) is 39.9. The number of nitrogens with one attached hydrogen (secondary N) is 8. The number of nitrogens with zero attached hydrogens (tertiary/aromatic N) is 3. The van der Waals surface area contributed by atoms with E-state index in [1.54, 1.807) is 6.20 Å². The quantitative estimate of drug-likeness (QED) is 0.0170. The van der Waals surface area contributed by atoms with Crippen molar-refractivity contribution in [3.8, 4) is 0 Å². The fourth-order valence-corrected chi connectivity index (χ4v) is 5.82. The van der Waals surface area contributed by atoms with Crippen LogP contribution in [0.25, 0.3) is 11.4 Å². The Hall–Kier alpha value is -4.89. The van der Waals surface area contributed by atoms with E-state index >= 15 is 0 Å². The van der Waals surface area contributed by atoms with E-state index in [4.69, 9.17) is 11.5 Å². The van der Waals surface area contributed by atoms with Crippen LogP contribution in [0.15, 0.2) is 97.7 Å². The molecule has 0 bridgehead atoms. The van der Waals surface area contributed by atoms with Crippen molar-refractivity contribution in [1.29, 1.82) is 0 Å². The smallest absolute Gasteiger partial charge is 0.207 e. The fourth-order valence-electron chi connectivity index (χ4n) is 5.51. The van der Waals surface area contributed by atoms with Crippen LogP contribution in [0.2, 0.25) is 0 Å². The summed E-state index contributed by atoms with van der Waals surface area (Å²) in [5, 5.41) is 25.5. The first-order valence-electron chi connectivity index (χ1n) is 22.0. The zero-order valence-corrected chi connectivity index (χ0v) is 42.6. The third-order valence-corrected chi connectivity index (χ3v) is 9.17. The molecule has 2 aromatic rings. The van der Waals surface area contributed by atoms with E-state index in [-0.39, 0.29) is 18.0 Å². The molecule has 3 rings (SSSR count). The first-order valence-corrected chi connectivity index (χ1v) is 24.9. The molecule has 1 aliphatic rings. The highest BCUT2D eigenvalue weighted by atomic mass is 32.7. The summed E-state index contributed by atoms with van der Waals surface area (Å²) in [5.41, 5.74) is 19.6. The minimum Gasteiger partial charge on any atom is -0.385 e. The summed E-state index contributed by atoms with van der Waals surface area (Å²) in [5.74, 6) is 1.36. The van der Waals surface area contributed by atoms with Crippen LogP contribution in [0.4, 0.5) is 11.5 Å². The van der Waals surface area contributed by atoms with Crippen molar-refractivity contribution >= 4 is 73.9 Å². The van der Waals surface area contributed by atoms with Gasteiger partial charge in [0, 0.05) is 52.5 Å². The average Bonchev–Trinajstić information content (AvgIpc) is 3.29. The Labute approximate surface area is 399 Å². The van der Waals surface area contributed by atoms with Gasteiger partial charge in [-0.1, -0.05) is 112 Å². The van der Waals surface area contributed by atoms with Gasteiger partial charge in [0.1, 0.15) is 5.69 Å². The number of carbonyl (C=O) groups excluding carboxylic acids is 1. The molecule has 1 aromatic heterocycles. The van der Waals surface area contributed by atoms with Crippen LogP contribution < -0.4 is 54.0 Å². The highest BCUT2D eigenvalue weighted by Crippen LogP contribution is 2.23. The average molecular weight is 940 g/mol. The monoisotopic (exact) mass is 940 g/mol. The van der Waals surface area contributed by atoms with Gasteiger partial charge in [0.25, 0.3) is 0 Å². The molecular weight excluding hydrogens is 858 g/mol. The Morgan fingerprint density at radius 3 is 2.12 bits per heavy atom. The predicted molar refractivity (Wildman–Crippen MR) is 289 cm³/mol. The van der Waals surface area contributed by atoms with E-state index in [0.29, 0.717) is 55.0 Å². The molecule has 2 heterocycles. The summed E-state index contributed by atoms with van der Waals surface area (Å²) < 4.78 is 0. The van der Waals surface area contributed by atoms with Gasteiger partial charge in [0.05, 0.1) is 49.3 Å². The van der Waals surface area contributed by atoms with E-state index in [0.717, 1.165) is 104 Å². The van der Waals surface area contributed by atoms with Crippen LogP contribution >= 0.6 is 32.3 Å². The third kappa shape index (κ3) is 26.7. The third-order valence-electron chi connectivity index (χ3n) is 8.81. The molecule has 1 aliphatic heterocycles. The Bertz CT molecular complexity index is 1740. The van der Waals surface area contributed by atoms with Crippen LogP contribution in [0.1, 0.15) is 104 Å². The van der Waals surface area contributed by atoms with E-state index in [1.807, 2.05) is 52.0 Å². The Balaban J connectivity index is 0. The van der Waals surface area contributed by atoms with Gasteiger partial charge >= 0.3 is 0 Å². The van der Waals surface area contributed by atoms with E-state index < -0.39 is 0 Å². The molecule has 64 heavy (non-hydrogen) atoms. The lowest BCUT2D eigenvalue weighted by Gasteiger charge is -2.27. The van der Waals surface area contributed by atoms with Crippen LogP contribution in [-0.4, -0.2) is 78.7 Å². The number of guanidine groups is 1. The normalized spacial score (nSPS) is 12.1. The second-order valence-corrected chi connectivity index (χ2v) is 15.4. The summed E-state index contributed by atoms with van der Waals surface area (Å²) in [6.07, 6.45) is 12.0. The number of hydrogen-bond donors (Lipinski definition) is 12. The number of aliphatic imine (C=N–C) groups is 1. The lowest BCUT2D eigenvalue weighted by Crippen LogP contribution is -2.42. The molecule has 14 nitrogen and oxygen atoms in total. The van der Waals surface area contributed by atoms with Gasteiger partial charge in [-0.3, -0.25) is 4.79 Å². The molecule has 3 atom stereocenters. The second-order valence-electron chi connectivity index (χ2n) is 13.9. The van der Waals surface area contributed by atoms with E-state index in [9.17, 15) is 4.79 Å². The van der Waals surface area contributed by atoms with Crippen LogP contribution in [0.3, 0.4) is 0 Å². The van der Waals surface area contributed by atoms with Gasteiger partial charge < -0.3 is 54.0 Å². The maximum absolute atomic E-state index is 10.4. The summed E-state index contributed by atoms with van der Waals surface area (Å²) in [6.45, 7) is 41.8. The van der Waals surface area contributed by atoms with Crippen molar-refractivity contribution in [1.82, 2.24) is 47.2 Å². The molecule has 0 aliphatic carbocycles. The van der Waals surface area contributed by atoms with Gasteiger partial charge in [-0.2, -0.15) is 17.6 Å². The molecule has 17 heteroatoms. The van der Waals surface area contributed by atoms with Crippen LogP contribution in [-0.2, 0) is 11.3 Å². The number of rotatable bonds is 28. The van der Waals surface area contributed by atoms with Crippen molar-refractivity contribution in [2.75, 3.05) is 37.2 Å². The second kappa shape index (κ2) is 38.6. The standard InChI is InChI=1S/C22H42N6OS.C20H25N7.2C2H6.CH3PS/c1-7-21(27-17(3)12-24-15-29)19(5)25-13-18(4)28-22(14-30)20(6)26-16(2)10-8-9-11-23;1-4-5-10-22-13(2)15-6-8-16(9-7-15)23-11-17-12-24-19-18(26-17)14(3)25-20(21)27-19;2*1-2;1-2-3/h15-16,21-22,25-28,30H,3-14,23H2,1-2H3,(H,24,29);6-9,12,22-23H,2-5,10-11H2,1H3,(H3,21,24,25,27);2*1-2H3;3H,1H2. The Morgan fingerprint density at radius 1 is 0.922 bits per heavy atom. The van der Waals surface area contributed by atoms with Crippen molar-refractivity contribution in [3.05, 3.63) is 110 Å². The number of carbonyl (C=O) groups is 1.